The summed E-state index contributed by atoms with van der Waals surface area (Å²) in [4.78, 5) is 0. The predicted molar refractivity (Wildman–Crippen MR) is 87.7 cm³/mol. The Morgan fingerprint density at radius 3 is 2.76 bits per heavy atom. The van der Waals surface area contributed by atoms with Gasteiger partial charge in [-0.25, -0.2) is 0 Å². The molecule has 0 radical (unpaired) electrons. The smallest absolute Gasteiger partial charge is 0.0687 e. The van der Waals surface area contributed by atoms with Crippen molar-refractivity contribution in [2.75, 3.05) is 26.8 Å². The van der Waals surface area contributed by atoms with Crippen LogP contribution in [-0.4, -0.2) is 38.5 Å². The van der Waals surface area contributed by atoms with Gasteiger partial charge < -0.3 is 14.8 Å². The molecule has 3 heteroatoms. The minimum atomic E-state index is 0.281. The van der Waals surface area contributed by atoms with Crippen molar-refractivity contribution in [2.45, 2.75) is 82.8 Å². The Kier molecular flexibility index (Phi) is 7.48. The lowest BCUT2D eigenvalue weighted by atomic mass is 9.83. The largest absolute Gasteiger partial charge is 0.383 e. The van der Waals surface area contributed by atoms with E-state index in [1.165, 1.54) is 64.2 Å². The average molecular weight is 297 g/mol. The Hall–Kier alpha value is -0.120. The SMILES string of the molecule is CCCC(CNCCOC)CC1CCC2(CCCCC2)O1. The van der Waals surface area contributed by atoms with Crippen LogP contribution in [0, 0.1) is 5.92 Å². The molecule has 124 valence electrons. The van der Waals surface area contributed by atoms with Gasteiger partial charge in [0.05, 0.1) is 18.3 Å². The highest BCUT2D eigenvalue weighted by Crippen LogP contribution is 2.43. The molecule has 3 nitrogen and oxygen atoms in total. The quantitative estimate of drug-likeness (QED) is 0.655. The second kappa shape index (κ2) is 9.12. The molecule has 0 aromatic carbocycles. The zero-order valence-corrected chi connectivity index (χ0v) is 14.2. The van der Waals surface area contributed by atoms with E-state index in [1.54, 1.807) is 7.11 Å². The van der Waals surface area contributed by atoms with Crippen molar-refractivity contribution in [2.24, 2.45) is 5.92 Å². The van der Waals surface area contributed by atoms with Gasteiger partial charge in [0.2, 0.25) is 0 Å². The van der Waals surface area contributed by atoms with Crippen LogP contribution in [0.5, 0.6) is 0 Å². The highest BCUT2D eigenvalue weighted by atomic mass is 16.5. The lowest BCUT2D eigenvalue weighted by molar-refractivity contribution is -0.0700. The normalized spacial score (nSPS) is 26.3. The topological polar surface area (TPSA) is 30.5 Å². The Morgan fingerprint density at radius 1 is 1.24 bits per heavy atom. The van der Waals surface area contributed by atoms with Crippen LogP contribution in [0.25, 0.3) is 0 Å². The fourth-order valence-electron chi connectivity index (χ4n) is 4.19. The third-order valence-electron chi connectivity index (χ3n) is 5.31. The van der Waals surface area contributed by atoms with E-state index >= 15 is 0 Å². The van der Waals surface area contributed by atoms with Crippen molar-refractivity contribution in [3.05, 3.63) is 0 Å². The Labute approximate surface area is 131 Å². The van der Waals surface area contributed by atoms with Crippen molar-refractivity contribution in [3.8, 4) is 0 Å². The van der Waals surface area contributed by atoms with E-state index in [-0.39, 0.29) is 5.60 Å². The molecule has 2 fully saturated rings. The molecule has 1 saturated heterocycles. The Bertz CT molecular complexity index is 276. The molecule has 2 atom stereocenters. The fraction of sp³-hybridized carbons (Fsp3) is 1.00. The molecule has 0 amide bonds. The summed E-state index contributed by atoms with van der Waals surface area (Å²) in [5.74, 6) is 0.760. The van der Waals surface area contributed by atoms with Gasteiger partial charge in [-0.15, -0.1) is 0 Å². The van der Waals surface area contributed by atoms with Crippen LogP contribution >= 0.6 is 0 Å². The number of rotatable bonds is 9. The van der Waals surface area contributed by atoms with E-state index in [9.17, 15) is 0 Å². The minimum Gasteiger partial charge on any atom is -0.383 e. The minimum absolute atomic E-state index is 0.281. The van der Waals surface area contributed by atoms with Crippen molar-refractivity contribution in [3.63, 3.8) is 0 Å². The summed E-state index contributed by atoms with van der Waals surface area (Å²) in [5, 5.41) is 3.54. The van der Waals surface area contributed by atoms with Gasteiger partial charge in [0, 0.05) is 13.7 Å². The predicted octanol–water partition coefficient (Wildman–Crippen LogP) is 3.91. The van der Waals surface area contributed by atoms with Gasteiger partial charge in [-0.3, -0.25) is 0 Å². The van der Waals surface area contributed by atoms with Gasteiger partial charge in [0.25, 0.3) is 0 Å². The molecule has 1 aliphatic heterocycles. The average Bonchev–Trinajstić information content (AvgIpc) is 2.87. The second-order valence-corrected chi connectivity index (χ2v) is 7.11. The van der Waals surface area contributed by atoms with Crippen molar-refractivity contribution in [1.29, 1.82) is 0 Å². The van der Waals surface area contributed by atoms with Crippen molar-refractivity contribution >= 4 is 0 Å². The first-order valence-corrected chi connectivity index (χ1v) is 9.15. The van der Waals surface area contributed by atoms with E-state index in [4.69, 9.17) is 9.47 Å². The number of nitrogens with one attached hydrogen (secondary N) is 1. The molecule has 2 rings (SSSR count). The zero-order chi connectivity index (χ0) is 15.0. The van der Waals surface area contributed by atoms with Crippen LogP contribution in [0.1, 0.15) is 71.1 Å². The summed E-state index contributed by atoms with van der Waals surface area (Å²) in [5.41, 5.74) is 0.281. The van der Waals surface area contributed by atoms with E-state index < -0.39 is 0 Å². The molecule has 1 aliphatic carbocycles. The van der Waals surface area contributed by atoms with Crippen molar-refractivity contribution in [1.82, 2.24) is 5.32 Å². The first-order chi connectivity index (χ1) is 10.3. The fourth-order valence-corrected chi connectivity index (χ4v) is 4.19. The first-order valence-electron chi connectivity index (χ1n) is 9.15. The van der Waals surface area contributed by atoms with Gasteiger partial charge >= 0.3 is 0 Å². The molecule has 1 saturated carbocycles. The standard InChI is InChI=1S/C18H35NO2/c1-3-7-16(15-19-12-13-20-2)14-17-8-11-18(21-17)9-5-4-6-10-18/h16-17,19H,3-15H2,1-2H3. The second-order valence-electron chi connectivity index (χ2n) is 7.11. The molecule has 2 aliphatic rings. The highest BCUT2D eigenvalue weighted by molar-refractivity contribution is 4.91. The third kappa shape index (κ3) is 5.54. The number of hydrogen-bond donors (Lipinski definition) is 1. The van der Waals surface area contributed by atoms with Gasteiger partial charge in [-0.1, -0.05) is 32.6 Å². The summed E-state index contributed by atoms with van der Waals surface area (Å²) >= 11 is 0. The molecule has 21 heavy (non-hydrogen) atoms. The maximum Gasteiger partial charge on any atom is 0.0687 e. The van der Waals surface area contributed by atoms with E-state index in [0.717, 1.165) is 25.6 Å². The lowest BCUT2D eigenvalue weighted by Crippen LogP contribution is -2.33. The van der Waals surface area contributed by atoms with Crippen molar-refractivity contribution < 1.29 is 9.47 Å². The lowest BCUT2D eigenvalue weighted by Gasteiger charge is -2.34. The molecular formula is C18H35NO2. The molecular weight excluding hydrogens is 262 g/mol. The van der Waals surface area contributed by atoms with Crippen LogP contribution in [0.4, 0.5) is 0 Å². The molecule has 1 heterocycles. The molecule has 2 unspecified atom stereocenters. The summed E-state index contributed by atoms with van der Waals surface area (Å²) in [7, 11) is 1.77. The Balaban J connectivity index is 1.72. The van der Waals surface area contributed by atoms with Crippen LogP contribution in [0.2, 0.25) is 0 Å². The van der Waals surface area contributed by atoms with Crippen LogP contribution in [0.15, 0.2) is 0 Å². The van der Waals surface area contributed by atoms with E-state index in [2.05, 4.69) is 12.2 Å². The van der Waals surface area contributed by atoms with Crippen LogP contribution in [0.3, 0.4) is 0 Å². The molecule has 0 aromatic rings. The maximum atomic E-state index is 6.54. The molecule has 0 bridgehead atoms. The first kappa shape index (κ1) is 17.2. The summed E-state index contributed by atoms with van der Waals surface area (Å²) < 4.78 is 11.6. The molecule has 1 spiro atoms. The summed E-state index contributed by atoms with van der Waals surface area (Å²) in [6.07, 6.45) is 13.7. The van der Waals surface area contributed by atoms with Crippen LogP contribution < -0.4 is 5.32 Å². The Morgan fingerprint density at radius 2 is 2.05 bits per heavy atom. The summed E-state index contributed by atoms with van der Waals surface area (Å²) in [6, 6.07) is 0. The number of ether oxygens (including phenoxy) is 2. The number of methoxy groups -OCH3 is 1. The van der Waals surface area contributed by atoms with E-state index in [1.807, 2.05) is 0 Å². The van der Waals surface area contributed by atoms with Gasteiger partial charge in [0.1, 0.15) is 0 Å². The summed E-state index contributed by atoms with van der Waals surface area (Å²) in [6.45, 7) is 5.18. The maximum absolute atomic E-state index is 6.54. The van der Waals surface area contributed by atoms with Gasteiger partial charge in [-0.2, -0.15) is 0 Å². The van der Waals surface area contributed by atoms with E-state index in [0.29, 0.717) is 6.10 Å². The highest BCUT2D eigenvalue weighted by Gasteiger charge is 2.41. The van der Waals surface area contributed by atoms with Gasteiger partial charge in [0.15, 0.2) is 0 Å². The van der Waals surface area contributed by atoms with Crippen LogP contribution in [-0.2, 0) is 9.47 Å². The molecule has 1 N–H and O–H groups in total. The monoisotopic (exact) mass is 297 g/mol. The van der Waals surface area contributed by atoms with Gasteiger partial charge in [-0.05, 0) is 51.0 Å². The zero-order valence-electron chi connectivity index (χ0n) is 14.2. The number of hydrogen-bond acceptors (Lipinski definition) is 3. The third-order valence-corrected chi connectivity index (χ3v) is 5.31. The molecule has 0 aromatic heterocycles.